The van der Waals surface area contributed by atoms with Crippen molar-refractivity contribution in [3.8, 4) is 5.75 Å². The second kappa shape index (κ2) is 10.0. The summed E-state index contributed by atoms with van der Waals surface area (Å²) in [5.74, 6) is 0.628. The molecule has 8 heteroatoms. The molecule has 1 amide bonds. The van der Waals surface area contributed by atoms with Gasteiger partial charge in [-0.15, -0.1) is 0 Å². The van der Waals surface area contributed by atoms with E-state index < -0.39 is 0 Å². The first-order valence-corrected chi connectivity index (χ1v) is 11.4. The Labute approximate surface area is 197 Å². The largest absolute Gasteiger partial charge is 0.486 e. The van der Waals surface area contributed by atoms with E-state index >= 15 is 0 Å². The highest BCUT2D eigenvalue weighted by Gasteiger charge is 2.26. The summed E-state index contributed by atoms with van der Waals surface area (Å²) in [5.41, 5.74) is 3.04. The van der Waals surface area contributed by atoms with Gasteiger partial charge in [-0.1, -0.05) is 40.6 Å². The Bertz CT molecular complexity index is 1280. The van der Waals surface area contributed by atoms with E-state index in [1.807, 2.05) is 35.5 Å². The molecular weight excluding hydrogens is 432 g/mol. The molecule has 0 aliphatic carbocycles. The maximum Gasteiger partial charge on any atom is 0.257 e. The first-order valence-electron chi connectivity index (χ1n) is 11.4. The van der Waals surface area contributed by atoms with Gasteiger partial charge in [-0.05, 0) is 42.5 Å². The van der Waals surface area contributed by atoms with Gasteiger partial charge in [0, 0.05) is 36.8 Å². The number of carbonyl (C=O) groups excluding carboxylic acids is 1. The average molecular weight is 459 g/mol. The predicted molar refractivity (Wildman–Crippen MR) is 125 cm³/mol. The van der Waals surface area contributed by atoms with Crippen LogP contribution in [-0.2, 0) is 17.8 Å². The number of amides is 1. The maximum atomic E-state index is 13.5. The number of benzene rings is 2. The van der Waals surface area contributed by atoms with Crippen molar-refractivity contribution in [3.63, 3.8) is 0 Å². The van der Waals surface area contributed by atoms with Crippen LogP contribution in [0.25, 0.3) is 10.8 Å². The standard InChI is InChI=1S/C26H26N4O4/c1-18-24(29-34-28-18)17-33-25-8-3-2-7-23(25)26(31)30-11-12-32-16-19(15-30)13-20-5-4-6-21-14-27-10-9-22(20)21/h2-10,14,19H,11-13,15-17H2,1H3. The fraction of sp³-hybridized carbons (Fsp3) is 0.308. The van der Waals surface area contributed by atoms with Crippen LogP contribution in [0.2, 0.25) is 0 Å². The van der Waals surface area contributed by atoms with Crippen molar-refractivity contribution in [1.82, 2.24) is 20.2 Å². The number of pyridine rings is 1. The summed E-state index contributed by atoms with van der Waals surface area (Å²) < 4.78 is 16.5. The Kier molecular flexibility index (Phi) is 6.49. The molecule has 1 aliphatic heterocycles. The number of aryl methyl sites for hydroxylation is 1. The van der Waals surface area contributed by atoms with Gasteiger partial charge in [0.1, 0.15) is 23.7 Å². The fourth-order valence-corrected chi connectivity index (χ4v) is 4.33. The first kappa shape index (κ1) is 22.0. The van der Waals surface area contributed by atoms with E-state index in [9.17, 15) is 4.79 Å². The number of fused-ring (bicyclic) bond motifs is 1. The number of aromatic nitrogens is 3. The molecule has 1 unspecified atom stereocenters. The topological polar surface area (TPSA) is 90.6 Å². The van der Waals surface area contributed by atoms with E-state index in [0.29, 0.717) is 49.0 Å². The summed E-state index contributed by atoms with van der Waals surface area (Å²) in [4.78, 5) is 19.6. The van der Waals surface area contributed by atoms with Crippen molar-refractivity contribution in [2.45, 2.75) is 20.0 Å². The zero-order valence-corrected chi connectivity index (χ0v) is 19.0. The maximum absolute atomic E-state index is 13.5. The Morgan fingerprint density at radius 2 is 2.06 bits per heavy atom. The van der Waals surface area contributed by atoms with E-state index in [-0.39, 0.29) is 18.4 Å². The second-order valence-corrected chi connectivity index (χ2v) is 8.49. The molecule has 0 bridgehead atoms. The van der Waals surface area contributed by atoms with Crippen LogP contribution in [-0.4, -0.2) is 52.4 Å². The molecule has 2 aromatic carbocycles. The Balaban J connectivity index is 1.32. The van der Waals surface area contributed by atoms with Crippen molar-refractivity contribution >= 4 is 16.7 Å². The summed E-state index contributed by atoms with van der Waals surface area (Å²) in [7, 11) is 0. The number of rotatable bonds is 6. The van der Waals surface area contributed by atoms with Gasteiger partial charge < -0.3 is 14.4 Å². The third kappa shape index (κ3) is 4.77. The molecule has 1 atom stereocenters. The molecule has 3 heterocycles. The lowest BCUT2D eigenvalue weighted by Gasteiger charge is -2.25. The Morgan fingerprint density at radius 3 is 2.94 bits per heavy atom. The number of hydrogen-bond donors (Lipinski definition) is 0. The van der Waals surface area contributed by atoms with Crippen LogP contribution in [0.4, 0.5) is 0 Å². The molecule has 0 N–H and O–H groups in total. The second-order valence-electron chi connectivity index (χ2n) is 8.49. The fourth-order valence-electron chi connectivity index (χ4n) is 4.33. The highest BCUT2D eigenvalue weighted by molar-refractivity contribution is 5.97. The summed E-state index contributed by atoms with van der Waals surface area (Å²) in [6, 6.07) is 15.6. The van der Waals surface area contributed by atoms with Gasteiger partial charge in [0.2, 0.25) is 0 Å². The molecule has 1 fully saturated rings. The number of ether oxygens (including phenoxy) is 2. The van der Waals surface area contributed by atoms with E-state index in [1.54, 1.807) is 19.1 Å². The lowest BCUT2D eigenvalue weighted by Crippen LogP contribution is -2.36. The van der Waals surface area contributed by atoms with Crippen LogP contribution in [0, 0.1) is 12.8 Å². The van der Waals surface area contributed by atoms with Gasteiger partial charge in [-0.2, -0.15) is 0 Å². The van der Waals surface area contributed by atoms with Crippen LogP contribution in [0.5, 0.6) is 5.75 Å². The van der Waals surface area contributed by atoms with E-state index in [0.717, 1.165) is 11.8 Å². The highest BCUT2D eigenvalue weighted by atomic mass is 16.6. The van der Waals surface area contributed by atoms with Crippen LogP contribution < -0.4 is 4.74 Å². The van der Waals surface area contributed by atoms with E-state index in [2.05, 4.69) is 33.5 Å². The van der Waals surface area contributed by atoms with Crippen molar-refractivity contribution in [1.29, 1.82) is 0 Å². The number of hydrogen-bond acceptors (Lipinski definition) is 7. The molecule has 34 heavy (non-hydrogen) atoms. The third-order valence-electron chi connectivity index (χ3n) is 6.13. The lowest BCUT2D eigenvalue weighted by molar-refractivity contribution is 0.0732. The van der Waals surface area contributed by atoms with Gasteiger partial charge in [-0.25, -0.2) is 4.63 Å². The molecule has 0 saturated carbocycles. The molecule has 174 valence electrons. The molecule has 1 aliphatic rings. The smallest absolute Gasteiger partial charge is 0.257 e. The highest BCUT2D eigenvalue weighted by Crippen LogP contribution is 2.25. The number of nitrogens with zero attached hydrogens (tertiary/aromatic N) is 4. The quantitative estimate of drug-likeness (QED) is 0.434. The molecule has 2 aromatic heterocycles. The van der Waals surface area contributed by atoms with E-state index in [4.69, 9.17) is 14.1 Å². The van der Waals surface area contributed by atoms with Gasteiger partial charge >= 0.3 is 0 Å². The van der Waals surface area contributed by atoms with Crippen molar-refractivity contribution < 1.29 is 18.9 Å². The first-order chi connectivity index (χ1) is 16.7. The molecule has 5 rings (SSSR count). The molecule has 1 saturated heterocycles. The van der Waals surface area contributed by atoms with Crippen molar-refractivity contribution in [2.24, 2.45) is 5.92 Å². The Morgan fingerprint density at radius 1 is 1.15 bits per heavy atom. The molecule has 8 nitrogen and oxygen atoms in total. The zero-order chi connectivity index (χ0) is 23.3. The average Bonchev–Trinajstić information content (AvgIpc) is 3.14. The van der Waals surface area contributed by atoms with Crippen LogP contribution in [0.3, 0.4) is 0 Å². The lowest BCUT2D eigenvalue weighted by atomic mass is 9.95. The summed E-state index contributed by atoms with van der Waals surface area (Å²) in [6.07, 6.45) is 4.52. The third-order valence-corrected chi connectivity index (χ3v) is 6.13. The van der Waals surface area contributed by atoms with Crippen molar-refractivity contribution in [2.75, 3.05) is 26.3 Å². The predicted octanol–water partition coefficient (Wildman–Crippen LogP) is 3.84. The van der Waals surface area contributed by atoms with Gasteiger partial charge in [0.25, 0.3) is 5.91 Å². The van der Waals surface area contributed by atoms with Gasteiger partial charge in [-0.3, -0.25) is 9.78 Å². The van der Waals surface area contributed by atoms with Crippen molar-refractivity contribution in [3.05, 3.63) is 83.4 Å². The molecule has 0 radical (unpaired) electrons. The SMILES string of the molecule is Cc1nonc1COc1ccccc1C(=O)N1CCOCC(Cc2cccc3cnccc23)C1. The van der Waals surface area contributed by atoms with Crippen LogP contribution in [0.15, 0.2) is 65.6 Å². The zero-order valence-electron chi connectivity index (χ0n) is 19.0. The summed E-state index contributed by atoms with van der Waals surface area (Å²) in [5, 5.41) is 9.93. The van der Waals surface area contributed by atoms with Gasteiger partial charge in [0.05, 0.1) is 18.8 Å². The van der Waals surface area contributed by atoms with Crippen LogP contribution >= 0.6 is 0 Å². The number of carbonyl (C=O) groups is 1. The van der Waals surface area contributed by atoms with Gasteiger partial charge in [0.15, 0.2) is 0 Å². The number of para-hydroxylation sites is 1. The summed E-state index contributed by atoms with van der Waals surface area (Å²) in [6.45, 7) is 4.25. The van der Waals surface area contributed by atoms with E-state index in [1.165, 1.54) is 10.9 Å². The van der Waals surface area contributed by atoms with Crippen LogP contribution in [0.1, 0.15) is 27.3 Å². The minimum atomic E-state index is -0.0665. The normalized spacial score (nSPS) is 16.4. The monoisotopic (exact) mass is 458 g/mol. The Hall–Kier alpha value is -3.78. The molecule has 4 aromatic rings. The minimum Gasteiger partial charge on any atom is -0.486 e. The summed E-state index contributed by atoms with van der Waals surface area (Å²) >= 11 is 0. The molecular formula is C26H26N4O4. The minimum absolute atomic E-state index is 0.0665. The molecule has 0 spiro atoms.